The molecule has 0 unspecified atom stereocenters. The number of allylic oxidation sites excluding steroid dienone is 4. The third-order valence-corrected chi connectivity index (χ3v) is 5.15. The van der Waals surface area contributed by atoms with Crippen LogP contribution < -0.4 is 0 Å². The lowest BCUT2D eigenvalue weighted by Crippen LogP contribution is -2.05. The Balaban J connectivity index is 1.87. The monoisotopic (exact) mass is 297 g/mol. The predicted octanol–water partition coefficient (Wildman–Crippen LogP) is 5.19. The van der Waals surface area contributed by atoms with Gasteiger partial charge in [0.05, 0.1) is 12.0 Å². The van der Waals surface area contributed by atoms with Crippen molar-refractivity contribution in [3.05, 3.63) is 81.9 Å². The molecule has 0 saturated carbocycles. The summed E-state index contributed by atoms with van der Waals surface area (Å²) in [5, 5.41) is 10.0. The van der Waals surface area contributed by atoms with Gasteiger partial charge in [0.25, 0.3) is 0 Å². The van der Waals surface area contributed by atoms with E-state index in [0.717, 1.165) is 12.8 Å². The maximum atomic E-state index is 10.0. The molecule has 0 aromatic heterocycles. The summed E-state index contributed by atoms with van der Waals surface area (Å²) in [5.74, 6) is -0.165. The minimum atomic E-state index is -0.165. The minimum Gasteiger partial charge on any atom is -0.197 e. The minimum absolute atomic E-state index is 0.165. The highest BCUT2D eigenvalue weighted by molar-refractivity contribution is 5.92. The number of fused-ring (bicyclic) bond motifs is 2. The highest BCUT2D eigenvalue weighted by Crippen LogP contribution is 2.46. The van der Waals surface area contributed by atoms with E-state index in [1.54, 1.807) is 0 Å². The van der Waals surface area contributed by atoms with E-state index in [1.165, 1.54) is 44.5 Å². The summed E-state index contributed by atoms with van der Waals surface area (Å²) >= 11 is 0. The summed E-state index contributed by atoms with van der Waals surface area (Å²) in [6, 6.07) is 19.7. The molecule has 2 aromatic rings. The van der Waals surface area contributed by atoms with Gasteiger partial charge in [-0.05, 0) is 60.1 Å². The Hall–Kier alpha value is -2.59. The largest absolute Gasteiger partial charge is 0.197 e. The first-order chi connectivity index (χ1) is 11.2. The van der Waals surface area contributed by atoms with Gasteiger partial charge in [0.15, 0.2) is 0 Å². The molecule has 0 spiro atoms. The van der Waals surface area contributed by atoms with Crippen LogP contribution in [0, 0.1) is 17.2 Å². The second-order valence-electron chi connectivity index (χ2n) is 6.62. The van der Waals surface area contributed by atoms with Crippen LogP contribution in [0.25, 0.3) is 11.1 Å². The molecule has 0 atom stereocenters. The fourth-order valence-electron chi connectivity index (χ4n) is 4.17. The lowest BCUT2D eigenvalue weighted by Gasteiger charge is -2.18. The first-order valence-corrected chi connectivity index (χ1v) is 8.16. The quantitative estimate of drug-likeness (QED) is 0.748. The van der Waals surface area contributed by atoms with E-state index in [2.05, 4.69) is 68.4 Å². The summed E-state index contributed by atoms with van der Waals surface area (Å²) in [7, 11) is 0. The number of nitriles is 1. The van der Waals surface area contributed by atoms with Crippen molar-refractivity contribution in [3.8, 4) is 6.07 Å². The number of hydrogen-bond donors (Lipinski definition) is 0. The summed E-state index contributed by atoms with van der Waals surface area (Å²) in [6.07, 6.45) is 1.94. The summed E-state index contributed by atoms with van der Waals surface area (Å²) in [6.45, 7) is 4.35. The lowest BCUT2D eigenvalue weighted by molar-refractivity contribution is 1.09. The fourth-order valence-corrected chi connectivity index (χ4v) is 4.17. The van der Waals surface area contributed by atoms with Crippen LogP contribution in [-0.2, 0) is 12.8 Å². The summed E-state index contributed by atoms with van der Waals surface area (Å²) < 4.78 is 0. The van der Waals surface area contributed by atoms with Crippen molar-refractivity contribution >= 4 is 11.1 Å². The smallest absolute Gasteiger partial charge is 0.0973 e. The van der Waals surface area contributed by atoms with E-state index in [4.69, 9.17) is 0 Å². The lowest BCUT2D eigenvalue weighted by atomic mass is 9.83. The number of hydrogen-bond acceptors (Lipinski definition) is 1. The highest BCUT2D eigenvalue weighted by Gasteiger charge is 2.32. The first-order valence-electron chi connectivity index (χ1n) is 8.16. The molecule has 1 heteroatoms. The molecule has 0 fully saturated rings. The molecular weight excluding hydrogens is 278 g/mol. The van der Waals surface area contributed by atoms with Crippen LogP contribution in [-0.4, -0.2) is 0 Å². The number of nitrogens with zero attached hydrogens (tertiary/aromatic N) is 1. The highest BCUT2D eigenvalue weighted by atomic mass is 14.4. The molecule has 0 N–H and O–H groups in total. The Bertz CT molecular complexity index is 836. The van der Waals surface area contributed by atoms with Crippen molar-refractivity contribution in [1.82, 2.24) is 0 Å². The van der Waals surface area contributed by atoms with Gasteiger partial charge < -0.3 is 0 Å². The van der Waals surface area contributed by atoms with E-state index >= 15 is 0 Å². The maximum Gasteiger partial charge on any atom is 0.0973 e. The van der Waals surface area contributed by atoms with Crippen molar-refractivity contribution in [1.29, 1.82) is 5.26 Å². The van der Waals surface area contributed by atoms with E-state index < -0.39 is 0 Å². The molecule has 2 aliphatic carbocycles. The average Bonchev–Trinajstić information content (AvgIpc) is 3.06. The van der Waals surface area contributed by atoms with Gasteiger partial charge in [-0.3, -0.25) is 0 Å². The third kappa shape index (κ3) is 2.06. The molecule has 112 valence electrons. The van der Waals surface area contributed by atoms with Gasteiger partial charge in [-0.25, -0.2) is 0 Å². The van der Waals surface area contributed by atoms with Gasteiger partial charge in [0.1, 0.15) is 0 Å². The normalized spacial score (nSPS) is 15.9. The Kier molecular flexibility index (Phi) is 3.20. The van der Waals surface area contributed by atoms with Crippen molar-refractivity contribution in [3.63, 3.8) is 0 Å². The molecule has 0 bridgehead atoms. The van der Waals surface area contributed by atoms with Gasteiger partial charge in [0.2, 0.25) is 0 Å². The summed E-state index contributed by atoms with van der Waals surface area (Å²) in [4.78, 5) is 0. The molecule has 0 aliphatic heterocycles. The average molecular weight is 297 g/mol. The van der Waals surface area contributed by atoms with Crippen LogP contribution in [0.4, 0.5) is 0 Å². The van der Waals surface area contributed by atoms with Crippen molar-refractivity contribution < 1.29 is 0 Å². The number of benzene rings is 2. The molecule has 23 heavy (non-hydrogen) atoms. The fraction of sp³-hybridized carbons (Fsp3) is 0.227. The van der Waals surface area contributed by atoms with Crippen molar-refractivity contribution in [2.45, 2.75) is 26.7 Å². The Labute approximate surface area is 137 Å². The van der Waals surface area contributed by atoms with Crippen LogP contribution >= 0.6 is 0 Å². The molecule has 0 radical (unpaired) electrons. The van der Waals surface area contributed by atoms with E-state index in [1.807, 2.05) is 0 Å². The molecule has 2 aromatic carbocycles. The van der Waals surface area contributed by atoms with Crippen molar-refractivity contribution in [2.24, 2.45) is 5.92 Å². The molecule has 0 heterocycles. The Morgan fingerprint density at radius 3 is 1.65 bits per heavy atom. The molecule has 2 aliphatic rings. The van der Waals surface area contributed by atoms with Crippen molar-refractivity contribution in [2.75, 3.05) is 0 Å². The van der Waals surface area contributed by atoms with Crippen LogP contribution in [0.1, 0.15) is 36.1 Å². The maximum absolute atomic E-state index is 10.0. The topological polar surface area (TPSA) is 23.8 Å². The second-order valence-corrected chi connectivity index (χ2v) is 6.62. The van der Waals surface area contributed by atoms with E-state index in [9.17, 15) is 5.26 Å². The molecule has 1 nitrogen and oxygen atoms in total. The Morgan fingerprint density at radius 2 is 1.22 bits per heavy atom. The van der Waals surface area contributed by atoms with Gasteiger partial charge in [-0.1, -0.05) is 59.7 Å². The zero-order valence-electron chi connectivity index (χ0n) is 13.6. The Morgan fingerprint density at radius 1 is 0.783 bits per heavy atom. The van der Waals surface area contributed by atoms with Gasteiger partial charge in [-0.2, -0.15) is 5.26 Å². The zero-order chi connectivity index (χ0) is 16.0. The molecular formula is C22H19N. The third-order valence-electron chi connectivity index (χ3n) is 5.15. The van der Waals surface area contributed by atoms with Crippen LogP contribution in [0.5, 0.6) is 0 Å². The van der Waals surface area contributed by atoms with Gasteiger partial charge >= 0.3 is 0 Å². The summed E-state index contributed by atoms with van der Waals surface area (Å²) in [5.41, 5.74) is 10.4. The van der Waals surface area contributed by atoms with E-state index in [-0.39, 0.29) is 5.92 Å². The SMILES string of the molecule is CC1=C(C(C#N)C2=C(C)Cc3ccccc32)c2ccccc2C1. The van der Waals surface area contributed by atoms with Gasteiger partial charge in [-0.15, -0.1) is 0 Å². The van der Waals surface area contributed by atoms with Crippen LogP contribution in [0.15, 0.2) is 59.7 Å². The van der Waals surface area contributed by atoms with Crippen LogP contribution in [0.2, 0.25) is 0 Å². The molecule has 4 rings (SSSR count). The first kappa shape index (κ1) is 14.0. The zero-order valence-corrected chi connectivity index (χ0v) is 13.6. The molecule has 0 amide bonds. The second kappa shape index (κ2) is 5.25. The number of rotatable bonds is 2. The van der Waals surface area contributed by atoms with E-state index in [0.29, 0.717) is 0 Å². The molecule has 0 saturated heterocycles. The van der Waals surface area contributed by atoms with Gasteiger partial charge in [0, 0.05) is 0 Å². The standard InChI is InChI=1S/C22H19N/c1-14-11-16-7-3-5-9-18(16)21(14)20(13-23)22-15(2)12-17-8-4-6-10-19(17)22/h3-10,20H,11-12H2,1-2H3. The predicted molar refractivity (Wildman–Crippen MR) is 94.6 cm³/mol. The van der Waals surface area contributed by atoms with Crippen LogP contribution in [0.3, 0.4) is 0 Å².